The number of methoxy groups -OCH3 is 1. The molecular formula is C28H22BrIN2O5S. The van der Waals surface area contributed by atoms with Crippen molar-refractivity contribution in [3.8, 4) is 11.5 Å². The van der Waals surface area contributed by atoms with Gasteiger partial charge in [0.05, 0.1) is 33.1 Å². The zero-order chi connectivity index (χ0) is 27.1. The van der Waals surface area contributed by atoms with Crippen molar-refractivity contribution in [1.82, 2.24) is 4.57 Å². The molecule has 10 heteroatoms. The maximum atomic E-state index is 14.0. The van der Waals surface area contributed by atoms with Crippen LogP contribution in [-0.2, 0) is 9.53 Å². The van der Waals surface area contributed by atoms with Crippen LogP contribution < -0.4 is 19.6 Å². The molecule has 0 amide bonds. The van der Waals surface area contributed by atoms with Gasteiger partial charge in [0.1, 0.15) is 17.5 Å². The molecule has 2 heterocycles. The van der Waals surface area contributed by atoms with Gasteiger partial charge >= 0.3 is 5.97 Å². The molecule has 0 aliphatic carbocycles. The lowest BCUT2D eigenvalue weighted by molar-refractivity contribution is -0.139. The minimum absolute atomic E-state index is 0.0790. The SMILES string of the molecule is CCOC(=O)C1=C(C)N=c2s/c(=C/c3cc(Br)cc(I)c3O)c(=O)n2[C@H]1c1c(OC)ccc2ccccc12. The molecule has 5 rings (SSSR count). The number of nitrogens with zero attached hydrogens (tertiary/aromatic N) is 2. The fourth-order valence-corrected chi connectivity index (χ4v) is 7.23. The maximum Gasteiger partial charge on any atom is 0.338 e. The zero-order valence-electron chi connectivity index (χ0n) is 20.6. The number of phenolic OH excluding ortho intramolecular Hbond substituents is 1. The van der Waals surface area contributed by atoms with Gasteiger partial charge in [-0.2, -0.15) is 0 Å². The van der Waals surface area contributed by atoms with Gasteiger partial charge in [0.2, 0.25) is 0 Å². The third-order valence-corrected chi connectivity index (χ3v) is 8.55. The summed E-state index contributed by atoms with van der Waals surface area (Å²) in [5, 5.41) is 12.4. The Morgan fingerprint density at radius 2 is 2.03 bits per heavy atom. The molecule has 0 spiro atoms. The van der Waals surface area contributed by atoms with Crippen LogP contribution in [0.1, 0.15) is 31.0 Å². The van der Waals surface area contributed by atoms with Crippen molar-refractivity contribution in [3.05, 3.63) is 98.7 Å². The number of carbonyl (C=O) groups excluding carboxylic acids is 1. The van der Waals surface area contributed by atoms with E-state index in [0.717, 1.165) is 15.2 Å². The fourth-order valence-electron chi connectivity index (χ4n) is 4.64. The third kappa shape index (κ3) is 4.58. The van der Waals surface area contributed by atoms with E-state index in [1.165, 1.54) is 15.9 Å². The predicted octanol–water partition coefficient (Wildman–Crippen LogP) is 5.03. The highest BCUT2D eigenvalue weighted by Gasteiger charge is 2.36. The molecule has 3 aromatic carbocycles. The van der Waals surface area contributed by atoms with Crippen LogP contribution in [0.3, 0.4) is 0 Å². The highest BCUT2D eigenvalue weighted by molar-refractivity contribution is 14.1. The fraction of sp³-hybridized carbons (Fsp3) is 0.179. The average molecular weight is 705 g/mol. The number of esters is 1. The van der Waals surface area contributed by atoms with E-state index in [0.29, 0.717) is 35.5 Å². The Hall–Kier alpha value is -2.96. The smallest absolute Gasteiger partial charge is 0.338 e. The minimum Gasteiger partial charge on any atom is -0.506 e. The van der Waals surface area contributed by atoms with E-state index in [9.17, 15) is 14.7 Å². The highest BCUT2D eigenvalue weighted by Crippen LogP contribution is 2.40. The van der Waals surface area contributed by atoms with Crippen molar-refractivity contribution in [1.29, 1.82) is 0 Å². The van der Waals surface area contributed by atoms with Gasteiger partial charge in [-0.3, -0.25) is 9.36 Å². The van der Waals surface area contributed by atoms with Crippen LogP contribution in [0.15, 0.2) is 74.1 Å². The molecule has 0 unspecified atom stereocenters. The summed E-state index contributed by atoms with van der Waals surface area (Å²) in [5.41, 5.74) is 1.58. The van der Waals surface area contributed by atoms with Crippen molar-refractivity contribution in [2.45, 2.75) is 19.9 Å². The van der Waals surface area contributed by atoms with Gasteiger partial charge in [-0.15, -0.1) is 0 Å². The Morgan fingerprint density at radius 1 is 1.26 bits per heavy atom. The van der Waals surface area contributed by atoms with E-state index in [2.05, 4.69) is 20.9 Å². The van der Waals surface area contributed by atoms with Crippen LogP contribution in [0.25, 0.3) is 16.8 Å². The van der Waals surface area contributed by atoms with Crippen molar-refractivity contribution in [2.75, 3.05) is 13.7 Å². The Balaban J connectivity index is 1.86. The van der Waals surface area contributed by atoms with Crippen LogP contribution in [0.4, 0.5) is 0 Å². The average Bonchev–Trinajstić information content (AvgIpc) is 3.19. The highest BCUT2D eigenvalue weighted by atomic mass is 127. The summed E-state index contributed by atoms with van der Waals surface area (Å²) in [5.74, 6) is 0.0801. The molecular weight excluding hydrogens is 683 g/mol. The lowest BCUT2D eigenvalue weighted by atomic mass is 9.90. The number of carbonyl (C=O) groups is 1. The number of rotatable bonds is 5. The molecule has 1 aliphatic heterocycles. The monoisotopic (exact) mass is 704 g/mol. The lowest BCUT2D eigenvalue weighted by Crippen LogP contribution is -2.40. The van der Waals surface area contributed by atoms with Crippen molar-refractivity contribution >= 4 is 72.7 Å². The number of ether oxygens (including phenoxy) is 2. The standard InChI is InChI=1S/C28H22BrIN2O5S/c1-4-37-27(35)22-14(2)31-28-32(24(22)23-18-8-6-5-7-15(18)9-10-20(23)36-3)26(34)21(38-28)12-16-11-17(29)13-19(30)25(16)33/h5-13,24,33H,4H2,1-3H3/b21-12+/t24-/m1/s1. The molecule has 0 radical (unpaired) electrons. The van der Waals surface area contributed by atoms with Gasteiger partial charge < -0.3 is 14.6 Å². The quantitative estimate of drug-likeness (QED) is 0.233. The van der Waals surface area contributed by atoms with Crippen LogP contribution >= 0.6 is 49.9 Å². The molecule has 4 aromatic rings. The van der Waals surface area contributed by atoms with Gasteiger partial charge in [0, 0.05) is 15.6 Å². The minimum atomic E-state index is -0.829. The van der Waals surface area contributed by atoms with E-state index in [1.807, 2.05) is 59.0 Å². The lowest BCUT2D eigenvalue weighted by Gasteiger charge is -2.27. The molecule has 38 heavy (non-hydrogen) atoms. The summed E-state index contributed by atoms with van der Waals surface area (Å²) in [6.45, 7) is 3.67. The van der Waals surface area contributed by atoms with E-state index in [-0.39, 0.29) is 23.5 Å². The summed E-state index contributed by atoms with van der Waals surface area (Å²) >= 11 is 6.69. The van der Waals surface area contributed by atoms with Gasteiger partial charge in [0.25, 0.3) is 5.56 Å². The first-order valence-corrected chi connectivity index (χ1v) is 14.4. The Morgan fingerprint density at radius 3 is 2.76 bits per heavy atom. The number of hydrogen-bond donors (Lipinski definition) is 1. The Kier molecular flexibility index (Phi) is 7.47. The number of halogens is 2. The first-order chi connectivity index (χ1) is 18.2. The Bertz CT molecular complexity index is 1830. The number of benzene rings is 3. The summed E-state index contributed by atoms with van der Waals surface area (Å²) in [4.78, 5) is 32.4. The largest absolute Gasteiger partial charge is 0.506 e. The molecule has 1 atom stereocenters. The van der Waals surface area contributed by atoms with E-state index in [4.69, 9.17) is 9.47 Å². The number of fused-ring (bicyclic) bond motifs is 2. The molecule has 7 nitrogen and oxygen atoms in total. The summed E-state index contributed by atoms with van der Waals surface area (Å²) in [6, 6.07) is 14.3. The summed E-state index contributed by atoms with van der Waals surface area (Å²) < 4.78 is 14.5. The second-order valence-electron chi connectivity index (χ2n) is 8.53. The molecule has 0 saturated carbocycles. The summed E-state index contributed by atoms with van der Waals surface area (Å²) in [7, 11) is 1.57. The Labute approximate surface area is 244 Å². The van der Waals surface area contributed by atoms with Crippen LogP contribution in [-0.4, -0.2) is 29.4 Å². The van der Waals surface area contributed by atoms with Crippen molar-refractivity contribution < 1.29 is 19.4 Å². The van der Waals surface area contributed by atoms with Gasteiger partial charge in [-0.1, -0.05) is 57.6 Å². The predicted molar refractivity (Wildman–Crippen MR) is 159 cm³/mol. The maximum absolute atomic E-state index is 14.0. The number of aromatic nitrogens is 1. The number of phenols is 1. The van der Waals surface area contributed by atoms with Gasteiger partial charge in [-0.25, -0.2) is 9.79 Å². The number of aromatic hydroxyl groups is 1. The third-order valence-electron chi connectivity index (χ3n) is 6.29. The molecule has 1 N–H and O–H groups in total. The molecule has 1 aliphatic rings. The first kappa shape index (κ1) is 26.6. The number of thiazole rings is 1. The van der Waals surface area contributed by atoms with E-state index < -0.39 is 12.0 Å². The first-order valence-electron chi connectivity index (χ1n) is 11.7. The van der Waals surface area contributed by atoms with Gasteiger partial charge in [-0.05, 0) is 71.5 Å². The van der Waals surface area contributed by atoms with Crippen LogP contribution in [0.2, 0.25) is 0 Å². The van der Waals surface area contributed by atoms with Crippen molar-refractivity contribution in [3.63, 3.8) is 0 Å². The normalized spacial score (nSPS) is 15.4. The second-order valence-corrected chi connectivity index (χ2v) is 11.6. The zero-order valence-corrected chi connectivity index (χ0v) is 25.2. The topological polar surface area (TPSA) is 90.1 Å². The number of allylic oxidation sites excluding steroid dienone is 1. The van der Waals surface area contributed by atoms with Crippen molar-refractivity contribution in [2.24, 2.45) is 4.99 Å². The van der Waals surface area contributed by atoms with E-state index >= 15 is 0 Å². The second kappa shape index (κ2) is 10.7. The molecule has 194 valence electrons. The van der Waals surface area contributed by atoms with Gasteiger partial charge in [0.15, 0.2) is 4.80 Å². The molecule has 1 aromatic heterocycles. The molecule has 0 bridgehead atoms. The van der Waals surface area contributed by atoms with Crippen LogP contribution in [0.5, 0.6) is 11.5 Å². The molecule has 0 saturated heterocycles. The molecule has 0 fully saturated rings. The number of hydrogen-bond acceptors (Lipinski definition) is 7. The van der Waals surface area contributed by atoms with Crippen LogP contribution in [0, 0.1) is 3.57 Å². The van der Waals surface area contributed by atoms with E-state index in [1.54, 1.807) is 39.2 Å². The summed E-state index contributed by atoms with van der Waals surface area (Å²) in [6.07, 6.45) is 1.65.